The number of benzene rings is 1. The fourth-order valence-corrected chi connectivity index (χ4v) is 3.15. The molecule has 0 amide bonds. The first-order valence-corrected chi connectivity index (χ1v) is 7.84. The second-order valence-electron chi connectivity index (χ2n) is 5.59. The number of aromatic hydroxyl groups is 1. The Labute approximate surface area is 126 Å². The second kappa shape index (κ2) is 7.75. The number of nitrogens with one attached hydrogen (secondary N) is 1. The van der Waals surface area contributed by atoms with Crippen molar-refractivity contribution in [3.63, 3.8) is 0 Å². The lowest BCUT2D eigenvalue weighted by Gasteiger charge is -2.21. The summed E-state index contributed by atoms with van der Waals surface area (Å²) in [6.45, 7) is 1.61. The second-order valence-corrected chi connectivity index (χ2v) is 6.02. The number of rotatable bonds is 6. The Bertz CT molecular complexity index is 431. The standard InChI is InChI=1S/C16H24ClNO2/c1-20-15-10-14(17)9-13(16(15)19)11-18-8-7-12-5-3-2-4-6-12/h9-10,12,18-19H,2-8,11H2,1H3. The molecule has 1 aliphatic rings. The Morgan fingerprint density at radius 2 is 2.05 bits per heavy atom. The number of phenols is 1. The van der Waals surface area contributed by atoms with Crippen molar-refractivity contribution in [1.82, 2.24) is 5.32 Å². The molecule has 20 heavy (non-hydrogen) atoms. The largest absolute Gasteiger partial charge is 0.504 e. The molecule has 0 spiro atoms. The van der Waals surface area contributed by atoms with E-state index in [-0.39, 0.29) is 5.75 Å². The molecular weight excluding hydrogens is 274 g/mol. The van der Waals surface area contributed by atoms with Gasteiger partial charge in [-0.15, -0.1) is 0 Å². The van der Waals surface area contributed by atoms with Crippen LogP contribution in [0.25, 0.3) is 0 Å². The topological polar surface area (TPSA) is 41.5 Å². The highest BCUT2D eigenvalue weighted by Crippen LogP contribution is 2.33. The van der Waals surface area contributed by atoms with Crippen molar-refractivity contribution in [2.45, 2.75) is 45.1 Å². The van der Waals surface area contributed by atoms with Gasteiger partial charge in [-0.3, -0.25) is 0 Å². The van der Waals surface area contributed by atoms with Crippen molar-refractivity contribution in [1.29, 1.82) is 0 Å². The molecule has 2 N–H and O–H groups in total. The van der Waals surface area contributed by atoms with Gasteiger partial charge in [0, 0.05) is 23.2 Å². The summed E-state index contributed by atoms with van der Waals surface area (Å²) in [5, 5.41) is 14.0. The molecule has 1 aliphatic carbocycles. The van der Waals surface area contributed by atoms with Crippen LogP contribution in [-0.4, -0.2) is 18.8 Å². The monoisotopic (exact) mass is 297 g/mol. The van der Waals surface area contributed by atoms with E-state index in [1.165, 1.54) is 45.6 Å². The van der Waals surface area contributed by atoms with Crippen LogP contribution in [0, 0.1) is 5.92 Å². The summed E-state index contributed by atoms with van der Waals surface area (Å²) in [4.78, 5) is 0. The Balaban J connectivity index is 1.80. The summed E-state index contributed by atoms with van der Waals surface area (Å²) in [5.74, 6) is 1.49. The zero-order chi connectivity index (χ0) is 14.4. The van der Waals surface area contributed by atoms with Crippen LogP contribution < -0.4 is 10.1 Å². The van der Waals surface area contributed by atoms with Crippen molar-refractivity contribution in [3.05, 3.63) is 22.7 Å². The van der Waals surface area contributed by atoms with Crippen molar-refractivity contribution in [2.24, 2.45) is 5.92 Å². The molecular formula is C16H24ClNO2. The van der Waals surface area contributed by atoms with Crippen LogP contribution in [0.1, 0.15) is 44.1 Å². The van der Waals surface area contributed by atoms with Gasteiger partial charge in [0.2, 0.25) is 0 Å². The number of methoxy groups -OCH3 is 1. The van der Waals surface area contributed by atoms with Crippen molar-refractivity contribution in [2.75, 3.05) is 13.7 Å². The molecule has 2 rings (SSSR count). The van der Waals surface area contributed by atoms with Gasteiger partial charge in [0.15, 0.2) is 11.5 Å². The van der Waals surface area contributed by atoms with Gasteiger partial charge in [-0.05, 0) is 24.9 Å². The first kappa shape index (κ1) is 15.5. The Hall–Kier alpha value is -0.930. The summed E-state index contributed by atoms with van der Waals surface area (Å²) in [6, 6.07) is 3.41. The number of phenolic OH excluding ortho intramolecular Hbond substituents is 1. The van der Waals surface area contributed by atoms with Crippen LogP contribution in [0.3, 0.4) is 0 Å². The fourth-order valence-electron chi connectivity index (χ4n) is 2.92. The predicted molar refractivity (Wildman–Crippen MR) is 82.6 cm³/mol. The summed E-state index contributed by atoms with van der Waals surface area (Å²) in [6.07, 6.45) is 8.14. The van der Waals surface area contributed by atoms with E-state index < -0.39 is 0 Å². The van der Waals surface area contributed by atoms with Crippen LogP contribution in [0.15, 0.2) is 12.1 Å². The minimum Gasteiger partial charge on any atom is -0.504 e. The molecule has 0 heterocycles. The molecule has 0 atom stereocenters. The van der Waals surface area contributed by atoms with Crippen LogP contribution in [0.4, 0.5) is 0 Å². The van der Waals surface area contributed by atoms with Gasteiger partial charge in [-0.2, -0.15) is 0 Å². The smallest absolute Gasteiger partial charge is 0.162 e. The van der Waals surface area contributed by atoms with Crippen LogP contribution in [0.2, 0.25) is 5.02 Å². The van der Waals surface area contributed by atoms with E-state index in [0.29, 0.717) is 17.3 Å². The highest BCUT2D eigenvalue weighted by molar-refractivity contribution is 6.30. The molecule has 0 unspecified atom stereocenters. The van der Waals surface area contributed by atoms with Crippen molar-refractivity contribution < 1.29 is 9.84 Å². The maximum Gasteiger partial charge on any atom is 0.162 e. The summed E-state index contributed by atoms with van der Waals surface area (Å²) in [5.41, 5.74) is 0.790. The van der Waals surface area contributed by atoms with Crippen LogP contribution in [0.5, 0.6) is 11.5 Å². The molecule has 112 valence electrons. The Kier molecular flexibility index (Phi) is 5.99. The lowest BCUT2D eigenvalue weighted by Crippen LogP contribution is -2.19. The van der Waals surface area contributed by atoms with Gasteiger partial charge in [-0.1, -0.05) is 43.7 Å². The van der Waals surface area contributed by atoms with Gasteiger partial charge in [0.25, 0.3) is 0 Å². The first-order valence-electron chi connectivity index (χ1n) is 7.47. The van der Waals surface area contributed by atoms with E-state index in [2.05, 4.69) is 5.32 Å². The fraction of sp³-hybridized carbons (Fsp3) is 0.625. The SMILES string of the molecule is COc1cc(Cl)cc(CNCCC2CCCCC2)c1O. The molecule has 0 saturated heterocycles. The molecule has 1 saturated carbocycles. The van der Waals surface area contributed by atoms with Gasteiger partial charge in [0.05, 0.1) is 7.11 Å². The van der Waals surface area contributed by atoms with Gasteiger partial charge in [0.1, 0.15) is 0 Å². The maximum absolute atomic E-state index is 10.0. The molecule has 0 radical (unpaired) electrons. The number of hydrogen-bond donors (Lipinski definition) is 2. The first-order chi connectivity index (χ1) is 9.70. The third-order valence-corrected chi connectivity index (χ3v) is 4.33. The molecule has 1 aromatic rings. The molecule has 1 aromatic carbocycles. The van der Waals surface area contributed by atoms with E-state index in [0.717, 1.165) is 18.0 Å². The molecule has 3 nitrogen and oxygen atoms in total. The Morgan fingerprint density at radius 3 is 2.75 bits per heavy atom. The normalized spacial score (nSPS) is 16.3. The molecule has 1 fully saturated rings. The van der Waals surface area contributed by atoms with Gasteiger partial charge in [-0.25, -0.2) is 0 Å². The molecule has 0 aromatic heterocycles. The van der Waals surface area contributed by atoms with E-state index in [1.54, 1.807) is 12.1 Å². The lowest BCUT2D eigenvalue weighted by atomic mass is 9.87. The third kappa shape index (κ3) is 4.29. The van der Waals surface area contributed by atoms with E-state index >= 15 is 0 Å². The highest BCUT2D eigenvalue weighted by Gasteiger charge is 2.13. The predicted octanol–water partition coefficient (Wildman–Crippen LogP) is 4.11. The van der Waals surface area contributed by atoms with Crippen LogP contribution in [-0.2, 0) is 6.54 Å². The van der Waals surface area contributed by atoms with Gasteiger partial charge < -0.3 is 15.2 Å². The average molecular weight is 298 g/mol. The van der Waals surface area contributed by atoms with Gasteiger partial charge >= 0.3 is 0 Å². The van der Waals surface area contributed by atoms with E-state index in [9.17, 15) is 5.11 Å². The third-order valence-electron chi connectivity index (χ3n) is 4.11. The highest BCUT2D eigenvalue weighted by atomic mass is 35.5. The summed E-state index contributed by atoms with van der Waals surface area (Å²) < 4.78 is 5.11. The molecule has 0 aliphatic heterocycles. The number of halogens is 1. The van der Waals surface area contributed by atoms with Crippen molar-refractivity contribution >= 4 is 11.6 Å². The average Bonchev–Trinajstić information content (AvgIpc) is 2.47. The van der Waals surface area contributed by atoms with Crippen LogP contribution >= 0.6 is 11.6 Å². The lowest BCUT2D eigenvalue weighted by molar-refractivity contribution is 0.333. The molecule has 4 heteroatoms. The summed E-state index contributed by atoms with van der Waals surface area (Å²) in [7, 11) is 1.53. The zero-order valence-corrected chi connectivity index (χ0v) is 12.9. The van der Waals surface area contributed by atoms with E-state index in [4.69, 9.17) is 16.3 Å². The van der Waals surface area contributed by atoms with E-state index in [1.807, 2.05) is 0 Å². The minimum atomic E-state index is 0.182. The Morgan fingerprint density at radius 1 is 1.30 bits per heavy atom. The maximum atomic E-state index is 10.0. The number of ether oxygens (including phenoxy) is 1. The van der Waals surface area contributed by atoms with Crippen molar-refractivity contribution in [3.8, 4) is 11.5 Å². The summed E-state index contributed by atoms with van der Waals surface area (Å²) >= 11 is 6.02. The molecule has 0 bridgehead atoms. The zero-order valence-electron chi connectivity index (χ0n) is 12.1. The number of hydrogen-bond acceptors (Lipinski definition) is 3. The minimum absolute atomic E-state index is 0.182. The quantitative estimate of drug-likeness (QED) is 0.776.